The second kappa shape index (κ2) is 6.49. The zero-order chi connectivity index (χ0) is 14.7. The summed E-state index contributed by atoms with van der Waals surface area (Å²) in [6, 6.07) is 3.22. The fourth-order valence-electron chi connectivity index (χ4n) is 2.48. The van der Waals surface area contributed by atoms with Gasteiger partial charge in [0, 0.05) is 12.1 Å². The van der Waals surface area contributed by atoms with Crippen molar-refractivity contribution in [3.8, 4) is 0 Å². The molecule has 2 aromatic rings. The SMILES string of the molecule is O=C(Nc1nnc(C2CCCCC2)s1)c1ccc(Cl)nc1. The maximum absolute atomic E-state index is 12.1. The van der Waals surface area contributed by atoms with Crippen molar-refractivity contribution < 1.29 is 4.79 Å². The van der Waals surface area contributed by atoms with Crippen molar-refractivity contribution in [2.75, 3.05) is 5.32 Å². The highest BCUT2D eigenvalue weighted by molar-refractivity contribution is 7.15. The van der Waals surface area contributed by atoms with Crippen molar-refractivity contribution in [3.63, 3.8) is 0 Å². The maximum Gasteiger partial charge on any atom is 0.259 e. The lowest BCUT2D eigenvalue weighted by atomic mass is 9.90. The van der Waals surface area contributed by atoms with Crippen LogP contribution in [0.25, 0.3) is 0 Å². The molecule has 5 nitrogen and oxygen atoms in total. The highest BCUT2D eigenvalue weighted by Crippen LogP contribution is 2.35. The molecule has 1 saturated carbocycles. The normalized spacial score (nSPS) is 15.9. The van der Waals surface area contributed by atoms with Crippen molar-refractivity contribution in [2.45, 2.75) is 38.0 Å². The summed E-state index contributed by atoms with van der Waals surface area (Å²) in [6.45, 7) is 0. The number of carbonyl (C=O) groups excluding carboxylic acids is 1. The van der Waals surface area contributed by atoms with Gasteiger partial charge in [-0.05, 0) is 25.0 Å². The molecule has 0 atom stereocenters. The molecule has 1 aliphatic carbocycles. The minimum Gasteiger partial charge on any atom is -0.296 e. The first-order valence-electron chi connectivity index (χ1n) is 6.98. The molecule has 0 aliphatic heterocycles. The fraction of sp³-hybridized carbons (Fsp3) is 0.429. The first-order chi connectivity index (χ1) is 10.2. The smallest absolute Gasteiger partial charge is 0.259 e. The van der Waals surface area contributed by atoms with Gasteiger partial charge in [0.1, 0.15) is 10.2 Å². The Morgan fingerprint density at radius 3 is 2.76 bits per heavy atom. The van der Waals surface area contributed by atoms with E-state index in [2.05, 4.69) is 20.5 Å². The first-order valence-corrected chi connectivity index (χ1v) is 8.18. The average Bonchev–Trinajstić information content (AvgIpc) is 2.97. The van der Waals surface area contributed by atoms with Crippen LogP contribution >= 0.6 is 22.9 Å². The van der Waals surface area contributed by atoms with Gasteiger partial charge < -0.3 is 0 Å². The van der Waals surface area contributed by atoms with E-state index in [1.54, 1.807) is 12.1 Å². The molecular formula is C14H15ClN4OS. The molecule has 0 unspecified atom stereocenters. The summed E-state index contributed by atoms with van der Waals surface area (Å²) >= 11 is 7.17. The number of hydrogen-bond acceptors (Lipinski definition) is 5. The van der Waals surface area contributed by atoms with Gasteiger partial charge in [0.15, 0.2) is 0 Å². The molecule has 0 radical (unpaired) electrons. The molecule has 2 aromatic heterocycles. The van der Waals surface area contributed by atoms with E-state index < -0.39 is 0 Å². The Labute approximate surface area is 131 Å². The molecule has 1 N–H and O–H groups in total. The first kappa shape index (κ1) is 14.4. The molecule has 1 amide bonds. The number of hydrogen-bond donors (Lipinski definition) is 1. The Hall–Kier alpha value is -1.53. The number of anilines is 1. The largest absolute Gasteiger partial charge is 0.296 e. The van der Waals surface area contributed by atoms with Crippen molar-refractivity contribution in [3.05, 3.63) is 34.1 Å². The molecule has 110 valence electrons. The molecule has 0 saturated heterocycles. The van der Waals surface area contributed by atoms with Gasteiger partial charge in [0.25, 0.3) is 5.91 Å². The van der Waals surface area contributed by atoms with Crippen LogP contribution < -0.4 is 5.32 Å². The van der Waals surface area contributed by atoms with Gasteiger partial charge >= 0.3 is 0 Å². The minimum atomic E-state index is -0.245. The Kier molecular flexibility index (Phi) is 4.45. The lowest BCUT2D eigenvalue weighted by Crippen LogP contribution is -2.11. The van der Waals surface area contributed by atoms with Crippen LogP contribution in [0.1, 0.15) is 53.4 Å². The topological polar surface area (TPSA) is 67.8 Å². The molecule has 3 rings (SSSR count). The minimum absolute atomic E-state index is 0.245. The Bertz CT molecular complexity index is 622. The highest BCUT2D eigenvalue weighted by Gasteiger charge is 2.20. The Balaban J connectivity index is 1.66. The van der Waals surface area contributed by atoms with Crippen LogP contribution in [-0.4, -0.2) is 21.1 Å². The zero-order valence-electron chi connectivity index (χ0n) is 11.4. The number of pyridine rings is 1. The molecule has 0 aromatic carbocycles. The van der Waals surface area contributed by atoms with Gasteiger partial charge in [-0.2, -0.15) is 0 Å². The van der Waals surface area contributed by atoms with Gasteiger partial charge in [0.05, 0.1) is 5.56 Å². The predicted octanol–water partition coefficient (Wildman–Crippen LogP) is 3.89. The number of nitrogens with one attached hydrogen (secondary N) is 1. The molecule has 1 aliphatic rings. The standard InChI is InChI=1S/C14H15ClN4OS/c15-11-7-6-10(8-16-11)12(20)17-14-19-18-13(21-14)9-4-2-1-3-5-9/h6-9H,1-5H2,(H,17,19,20). The summed E-state index contributed by atoms with van der Waals surface area (Å²) < 4.78 is 0. The molecule has 7 heteroatoms. The Morgan fingerprint density at radius 1 is 1.24 bits per heavy atom. The molecule has 0 spiro atoms. The van der Waals surface area contributed by atoms with E-state index in [1.807, 2.05) is 0 Å². The van der Waals surface area contributed by atoms with Gasteiger partial charge in [-0.1, -0.05) is 42.2 Å². The van der Waals surface area contributed by atoms with E-state index >= 15 is 0 Å². The van der Waals surface area contributed by atoms with Crippen molar-refractivity contribution in [2.24, 2.45) is 0 Å². The summed E-state index contributed by atoms with van der Waals surface area (Å²) in [5.41, 5.74) is 0.453. The molecule has 1 fully saturated rings. The lowest BCUT2D eigenvalue weighted by molar-refractivity contribution is 0.102. The third kappa shape index (κ3) is 3.57. The van der Waals surface area contributed by atoms with E-state index in [4.69, 9.17) is 11.6 Å². The number of rotatable bonds is 3. The summed E-state index contributed by atoms with van der Waals surface area (Å²) in [4.78, 5) is 15.9. The third-order valence-electron chi connectivity index (χ3n) is 3.61. The third-order valence-corrected chi connectivity index (χ3v) is 4.83. The van der Waals surface area contributed by atoms with Gasteiger partial charge in [-0.3, -0.25) is 10.1 Å². The number of aromatic nitrogens is 3. The summed E-state index contributed by atoms with van der Waals surface area (Å²) in [5, 5.41) is 13.0. The quantitative estimate of drug-likeness (QED) is 0.870. The van der Waals surface area contributed by atoms with Crippen LogP contribution in [0.2, 0.25) is 5.15 Å². The molecule has 21 heavy (non-hydrogen) atoms. The van der Waals surface area contributed by atoms with E-state index in [0.717, 1.165) is 5.01 Å². The van der Waals surface area contributed by atoms with Crippen LogP contribution in [0.5, 0.6) is 0 Å². The highest BCUT2D eigenvalue weighted by atomic mass is 35.5. The van der Waals surface area contributed by atoms with Gasteiger partial charge in [0.2, 0.25) is 5.13 Å². The van der Waals surface area contributed by atoms with Crippen LogP contribution in [0.4, 0.5) is 5.13 Å². The second-order valence-corrected chi connectivity index (χ2v) is 6.50. The van der Waals surface area contributed by atoms with E-state index in [1.165, 1.54) is 49.6 Å². The van der Waals surface area contributed by atoms with Crippen LogP contribution in [0, 0.1) is 0 Å². The summed E-state index contributed by atoms with van der Waals surface area (Å²) in [5.74, 6) is 0.254. The molecule has 0 bridgehead atoms. The molecule has 2 heterocycles. The van der Waals surface area contributed by atoms with Crippen molar-refractivity contribution in [1.82, 2.24) is 15.2 Å². The number of carbonyl (C=O) groups is 1. The van der Waals surface area contributed by atoms with Gasteiger partial charge in [-0.25, -0.2) is 4.98 Å². The van der Waals surface area contributed by atoms with Crippen LogP contribution in [-0.2, 0) is 0 Å². The lowest BCUT2D eigenvalue weighted by Gasteiger charge is -2.18. The fourth-order valence-corrected chi connectivity index (χ4v) is 3.50. The van der Waals surface area contributed by atoms with Crippen LogP contribution in [0.15, 0.2) is 18.3 Å². The molecular weight excluding hydrogens is 308 g/mol. The zero-order valence-corrected chi connectivity index (χ0v) is 13.0. The van der Waals surface area contributed by atoms with E-state index in [9.17, 15) is 4.79 Å². The van der Waals surface area contributed by atoms with Crippen LogP contribution in [0.3, 0.4) is 0 Å². The van der Waals surface area contributed by atoms with Gasteiger partial charge in [-0.15, -0.1) is 10.2 Å². The monoisotopic (exact) mass is 322 g/mol. The number of amides is 1. The summed E-state index contributed by atoms with van der Waals surface area (Å²) in [7, 11) is 0. The predicted molar refractivity (Wildman–Crippen MR) is 82.9 cm³/mol. The van der Waals surface area contributed by atoms with Crippen molar-refractivity contribution in [1.29, 1.82) is 0 Å². The van der Waals surface area contributed by atoms with E-state index in [0.29, 0.717) is 21.8 Å². The number of halogens is 1. The average molecular weight is 323 g/mol. The van der Waals surface area contributed by atoms with E-state index in [-0.39, 0.29) is 5.91 Å². The second-order valence-electron chi connectivity index (χ2n) is 5.10. The summed E-state index contributed by atoms with van der Waals surface area (Å²) in [6.07, 6.45) is 7.60. The maximum atomic E-state index is 12.1. The Morgan fingerprint density at radius 2 is 2.05 bits per heavy atom. The van der Waals surface area contributed by atoms with Crippen molar-refractivity contribution >= 4 is 34.0 Å². The number of nitrogens with zero attached hydrogens (tertiary/aromatic N) is 3.